The van der Waals surface area contributed by atoms with E-state index in [4.69, 9.17) is 14.2 Å². The van der Waals surface area contributed by atoms with Gasteiger partial charge < -0.3 is 24.6 Å². The summed E-state index contributed by atoms with van der Waals surface area (Å²) in [6, 6.07) is 3.35. The molecule has 0 aliphatic rings. The number of alkyl carbamates (subject to hydrolysis) is 1. The molecular weight excluding hydrogens is 290 g/mol. The molecule has 0 saturated heterocycles. The Morgan fingerprint density at radius 2 is 1.59 bits per heavy atom. The van der Waals surface area contributed by atoms with Crippen molar-refractivity contribution in [1.29, 1.82) is 0 Å². The van der Waals surface area contributed by atoms with E-state index in [-0.39, 0.29) is 0 Å². The maximum Gasteiger partial charge on any atom is 0.408 e. The fourth-order valence-electron chi connectivity index (χ4n) is 1.71. The Kier molecular flexibility index (Phi) is 5.62. The Balaban J connectivity index is 3.05. The lowest BCUT2D eigenvalue weighted by atomic mass is 10.1. The first-order valence-corrected chi connectivity index (χ1v) is 6.61. The molecule has 0 radical (unpaired) electrons. The number of ether oxygens (including phenoxy) is 3. The van der Waals surface area contributed by atoms with Crippen molar-refractivity contribution in [3.05, 3.63) is 23.8 Å². The van der Waals surface area contributed by atoms with E-state index in [1.165, 1.54) is 26.4 Å². The van der Waals surface area contributed by atoms with Crippen LogP contribution in [0.15, 0.2) is 18.2 Å². The van der Waals surface area contributed by atoms with Crippen molar-refractivity contribution in [3.63, 3.8) is 0 Å². The summed E-state index contributed by atoms with van der Waals surface area (Å²) in [5.41, 5.74) is -0.409. The van der Waals surface area contributed by atoms with Gasteiger partial charge in [0.1, 0.15) is 17.1 Å². The van der Waals surface area contributed by atoms with Gasteiger partial charge in [0.15, 0.2) is 6.04 Å². The third kappa shape index (κ3) is 5.16. The minimum absolute atomic E-state index is 0.314. The van der Waals surface area contributed by atoms with Gasteiger partial charge in [-0.25, -0.2) is 9.59 Å². The molecule has 1 rings (SSSR count). The van der Waals surface area contributed by atoms with E-state index in [0.717, 1.165) is 0 Å². The molecule has 2 N–H and O–H groups in total. The van der Waals surface area contributed by atoms with Gasteiger partial charge >= 0.3 is 12.1 Å². The van der Waals surface area contributed by atoms with Crippen LogP contribution in [0, 0.1) is 0 Å². The molecule has 0 heterocycles. The lowest BCUT2D eigenvalue weighted by molar-refractivity contribution is -0.139. The van der Waals surface area contributed by atoms with E-state index in [0.29, 0.717) is 17.1 Å². The number of carbonyl (C=O) groups excluding carboxylic acids is 1. The Bertz CT molecular complexity index is 527. The number of hydrogen-bond acceptors (Lipinski definition) is 5. The number of benzene rings is 1. The number of carboxylic acids is 1. The number of nitrogens with one attached hydrogen (secondary N) is 1. The van der Waals surface area contributed by atoms with Crippen LogP contribution in [-0.4, -0.2) is 37.0 Å². The molecule has 1 aromatic rings. The summed E-state index contributed by atoms with van der Waals surface area (Å²) in [4.78, 5) is 23.2. The Morgan fingerprint density at radius 3 is 1.95 bits per heavy atom. The second-order valence-electron chi connectivity index (χ2n) is 5.56. The Morgan fingerprint density at radius 1 is 1.09 bits per heavy atom. The van der Waals surface area contributed by atoms with E-state index >= 15 is 0 Å². The van der Waals surface area contributed by atoms with Crippen molar-refractivity contribution in [3.8, 4) is 11.5 Å². The Labute approximate surface area is 129 Å². The van der Waals surface area contributed by atoms with Crippen molar-refractivity contribution < 1.29 is 28.9 Å². The van der Waals surface area contributed by atoms with Gasteiger partial charge in [0.2, 0.25) is 0 Å². The number of amides is 1. The monoisotopic (exact) mass is 311 g/mol. The maximum absolute atomic E-state index is 11.8. The molecule has 0 aliphatic carbocycles. The van der Waals surface area contributed by atoms with Gasteiger partial charge in [0, 0.05) is 6.07 Å². The number of carboxylic acid groups (broad SMARTS) is 1. The summed E-state index contributed by atoms with van der Waals surface area (Å²) in [6.45, 7) is 5.07. The maximum atomic E-state index is 11.8. The molecule has 22 heavy (non-hydrogen) atoms. The quantitative estimate of drug-likeness (QED) is 0.867. The molecule has 7 heteroatoms. The van der Waals surface area contributed by atoms with Gasteiger partial charge in [0.05, 0.1) is 14.2 Å². The van der Waals surface area contributed by atoms with Crippen LogP contribution in [0.1, 0.15) is 32.4 Å². The minimum Gasteiger partial charge on any atom is -0.497 e. The van der Waals surface area contributed by atoms with Gasteiger partial charge in [-0.2, -0.15) is 0 Å². The first-order chi connectivity index (χ1) is 10.2. The number of methoxy groups -OCH3 is 2. The molecule has 1 atom stereocenters. The minimum atomic E-state index is -1.28. The number of carbonyl (C=O) groups is 2. The largest absolute Gasteiger partial charge is 0.497 e. The molecule has 0 bridgehead atoms. The summed E-state index contributed by atoms with van der Waals surface area (Å²) >= 11 is 0. The van der Waals surface area contributed by atoms with Crippen LogP contribution in [0.3, 0.4) is 0 Å². The summed E-state index contributed by atoms with van der Waals surface area (Å²) in [5.74, 6) is -0.376. The smallest absolute Gasteiger partial charge is 0.408 e. The van der Waals surface area contributed by atoms with Crippen molar-refractivity contribution in [2.75, 3.05) is 14.2 Å². The van der Waals surface area contributed by atoms with Gasteiger partial charge in [-0.3, -0.25) is 0 Å². The summed E-state index contributed by atoms with van der Waals surface area (Å²) in [7, 11) is 2.91. The molecule has 0 saturated carbocycles. The predicted octanol–water partition coefficient (Wildman–Crippen LogP) is 2.35. The third-order valence-corrected chi connectivity index (χ3v) is 2.62. The van der Waals surface area contributed by atoms with Crippen molar-refractivity contribution in [2.24, 2.45) is 0 Å². The zero-order valence-electron chi connectivity index (χ0n) is 13.3. The molecular formula is C15H21NO6. The van der Waals surface area contributed by atoms with Gasteiger partial charge in [-0.05, 0) is 38.5 Å². The highest BCUT2D eigenvalue weighted by atomic mass is 16.6. The second-order valence-corrected chi connectivity index (χ2v) is 5.56. The summed E-state index contributed by atoms with van der Waals surface area (Å²) in [6.07, 6.45) is -0.818. The normalized spacial score (nSPS) is 12.2. The number of hydrogen-bond donors (Lipinski definition) is 2. The molecule has 122 valence electrons. The van der Waals surface area contributed by atoms with E-state index in [2.05, 4.69) is 5.32 Å². The van der Waals surface area contributed by atoms with Crippen LogP contribution in [-0.2, 0) is 9.53 Å². The van der Waals surface area contributed by atoms with Crippen molar-refractivity contribution >= 4 is 12.1 Å². The van der Waals surface area contributed by atoms with Gasteiger partial charge in [0.25, 0.3) is 0 Å². The zero-order valence-corrected chi connectivity index (χ0v) is 13.3. The Hall–Kier alpha value is -2.44. The van der Waals surface area contributed by atoms with Crippen LogP contribution in [0.25, 0.3) is 0 Å². The molecule has 0 fully saturated rings. The van der Waals surface area contributed by atoms with Crippen molar-refractivity contribution in [2.45, 2.75) is 32.4 Å². The molecule has 0 aliphatic heterocycles. The highest BCUT2D eigenvalue weighted by Crippen LogP contribution is 2.27. The fourth-order valence-corrected chi connectivity index (χ4v) is 1.71. The van der Waals surface area contributed by atoms with Crippen LogP contribution in [0.5, 0.6) is 11.5 Å². The number of rotatable bonds is 5. The topological polar surface area (TPSA) is 94.1 Å². The van der Waals surface area contributed by atoms with Gasteiger partial charge in [-0.15, -0.1) is 0 Å². The van der Waals surface area contributed by atoms with Crippen molar-refractivity contribution in [1.82, 2.24) is 5.32 Å². The number of aliphatic carboxylic acids is 1. The fraction of sp³-hybridized carbons (Fsp3) is 0.467. The summed E-state index contributed by atoms with van der Waals surface area (Å²) in [5, 5.41) is 11.7. The average Bonchev–Trinajstić information content (AvgIpc) is 2.41. The van der Waals surface area contributed by atoms with Crippen LogP contribution >= 0.6 is 0 Å². The van der Waals surface area contributed by atoms with Crippen LogP contribution < -0.4 is 14.8 Å². The van der Waals surface area contributed by atoms with E-state index in [1.54, 1.807) is 26.8 Å². The zero-order chi connectivity index (χ0) is 16.9. The third-order valence-electron chi connectivity index (χ3n) is 2.62. The second kappa shape index (κ2) is 7.02. The lowest BCUT2D eigenvalue weighted by Gasteiger charge is -2.22. The first kappa shape index (κ1) is 17.6. The molecule has 0 spiro atoms. The standard InChI is InChI=1S/C15H21NO6/c1-15(2,3)22-14(19)16-12(13(17)18)9-6-10(20-4)8-11(7-9)21-5/h6-8,12H,1-5H3,(H,16,19)(H,17,18). The van der Waals surface area contributed by atoms with E-state index < -0.39 is 23.7 Å². The molecule has 1 aromatic carbocycles. The van der Waals surface area contributed by atoms with Gasteiger partial charge in [-0.1, -0.05) is 0 Å². The molecule has 7 nitrogen and oxygen atoms in total. The van der Waals surface area contributed by atoms with Crippen LogP contribution in [0.4, 0.5) is 4.79 Å². The predicted molar refractivity (Wildman–Crippen MR) is 79.3 cm³/mol. The van der Waals surface area contributed by atoms with E-state index in [9.17, 15) is 14.7 Å². The lowest BCUT2D eigenvalue weighted by Crippen LogP contribution is -2.38. The molecule has 0 aromatic heterocycles. The first-order valence-electron chi connectivity index (χ1n) is 6.61. The average molecular weight is 311 g/mol. The molecule has 1 unspecified atom stereocenters. The molecule has 1 amide bonds. The van der Waals surface area contributed by atoms with E-state index in [1.807, 2.05) is 0 Å². The van der Waals surface area contributed by atoms with Crippen LogP contribution in [0.2, 0.25) is 0 Å². The highest BCUT2D eigenvalue weighted by molar-refractivity contribution is 5.81. The highest BCUT2D eigenvalue weighted by Gasteiger charge is 2.26. The summed E-state index contributed by atoms with van der Waals surface area (Å²) < 4.78 is 15.3. The SMILES string of the molecule is COc1cc(OC)cc(C(NC(=O)OC(C)(C)C)C(=O)O)c1.